The van der Waals surface area contributed by atoms with Gasteiger partial charge in [0, 0.05) is 56.5 Å². The maximum atomic E-state index is 9.37. The molecular weight excluding hydrogens is 324 g/mol. The number of hydrogen-bond donors (Lipinski definition) is 0. The molecule has 1 atom stereocenters. The second kappa shape index (κ2) is 7.36. The van der Waals surface area contributed by atoms with Crippen molar-refractivity contribution in [2.45, 2.75) is 25.3 Å². The van der Waals surface area contributed by atoms with Gasteiger partial charge in [-0.3, -0.25) is 4.98 Å². The van der Waals surface area contributed by atoms with E-state index in [-0.39, 0.29) is 0 Å². The normalized spacial score (nSPS) is 17.0. The Kier molecular flexibility index (Phi) is 4.61. The molecule has 4 rings (SSSR count). The van der Waals surface area contributed by atoms with Gasteiger partial charge in [-0.25, -0.2) is 9.97 Å². The quantitative estimate of drug-likeness (QED) is 0.728. The third kappa shape index (κ3) is 3.29. The van der Waals surface area contributed by atoms with Gasteiger partial charge in [0.05, 0.1) is 5.56 Å². The molecule has 4 heterocycles. The van der Waals surface area contributed by atoms with Crippen molar-refractivity contribution < 1.29 is 0 Å². The van der Waals surface area contributed by atoms with Gasteiger partial charge in [-0.1, -0.05) is 0 Å². The Labute approximate surface area is 152 Å². The van der Waals surface area contributed by atoms with Gasteiger partial charge in [0.2, 0.25) is 0 Å². The van der Waals surface area contributed by atoms with Crippen molar-refractivity contribution in [1.82, 2.24) is 19.5 Å². The molecule has 0 spiro atoms. The number of imidazole rings is 1. The Bertz CT molecular complexity index is 911. The molecule has 0 saturated carbocycles. The van der Waals surface area contributed by atoms with Gasteiger partial charge in [-0.15, -0.1) is 0 Å². The van der Waals surface area contributed by atoms with Crippen LogP contribution in [0.4, 0.5) is 5.82 Å². The first-order valence-electron chi connectivity index (χ1n) is 8.85. The number of nitrogens with zero attached hydrogens (tertiary/aromatic N) is 6. The molecule has 1 saturated heterocycles. The molecule has 130 valence electrons. The van der Waals surface area contributed by atoms with E-state index in [0.717, 1.165) is 44.1 Å². The van der Waals surface area contributed by atoms with Crippen molar-refractivity contribution in [3.63, 3.8) is 0 Å². The largest absolute Gasteiger partial charge is 0.355 e. The zero-order valence-electron chi connectivity index (χ0n) is 14.5. The fraction of sp³-hybridized carbons (Fsp3) is 0.300. The third-order valence-corrected chi connectivity index (χ3v) is 4.84. The highest BCUT2D eigenvalue weighted by Crippen LogP contribution is 2.30. The Balaban J connectivity index is 1.56. The number of piperidine rings is 1. The van der Waals surface area contributed by atoms with Crippen molar-refractivity contribution in [2.75, 3.05) is 18.0 Å². The van der Waals surface area contributed by atoms with E-state index in [9.17, 15) is 5.26 Å². The summed E-state index contributed by atoms with van der Waals surface area (Å²) in [6.45, 7) is 2.55. The van der Waals surface area contributed by atoms with E-state index < -0.39 is 0 Å². The van der Waals surface area contributed by atoms with Gasteiger partial charge >= 0.3 is 0 Å². The number of hydrogen-bond acceptors (Lipinski definition) is 5. The van der Waals surface area contributed by atoms with E-state index in [1.165, 1.54) is 5.56 Å². The minimum absolute atomic E-state index is 0.328. The first kappa shape index (κ1) is 16.3. The molecule has 0 N–H and O–H groups in total. The average molecular weight is 344 g/mol. The van der Waals surface area contributed by atoms with Gasteiger partial charge in [-0.2, -0.15) is 5.26 Å². The van der Waals surface area contributed by atoms with Crippen molar-refractivity contribution in [1.29, 1.82) is 5.26 Å². The maximum Gasteiger partial charge on any atom is 0.146 e. The molecule has 6 heteroatoms. The first-order chi connectivity index (χ1) is 12.8. The smallest absolute Gasteiger partial charge is 0.146 e. The molecule has 0 amide bonds. The third-order valence-electron chi connectivity index (χ3n) is 4.84. The van der Waals surface area contributed by atoms with E-state index in [1.54, 1.807) is 6.20 Å². The van der Waals surface area contributed by atoms with Gasteiger partial charge < -0.3 is 9.47 Å². The van der Waals surface area contributed by atoms with Crippen LogP contribution in [0, 0.1) is 11.3 Å². The molecule has 0 bridgehead atoms. The summed E-state index contributed by atoms with van der Waals surface area (Å²) in [6, 6.07) is 9.96. The standard InChI is InChI=1S/C20H20N6/c21-13-17-3-1-7-23-19(17)25-11-2-4-18(15-25)20-24-10-12-26(20)14-16-5-8-22-9-6-16/h1,3,5-10,12,18H,2,4,11,14-15H2/t18-/m1/s1. The highest BCUT2D eigenvalue weighted by atomic mass is 15.2. The van der Waals surface area contributed by atoms with E-state index in [1.807, 2.05) is 49.1 Å². The molecule has 0 aromatic carbocycles. The second-order valence-corrected chi connectivity index (χ2v) is 6.54. The number of anilines is 1. The molecule has 26 heavy (non-hydrogen) atoms. The summed E-state index contributed by atoms with van der Waals surface area (Å²) >= 11 is 0. The summed E-state index contributed by atoms with van der Waals surface area (Å²) in [5.41, 5.74) is 1.84. The monoisotopic (exact) mass is 344 g/mol. The van der Waals surface area contributed by atoms with E-state index in [4.69, 9.17) is 0 Å². The molecule has 6 nitrogen and oxygen atoms in total. The molecule has 3 aromatic heterocycles. The van der Waals surface area contributed by atoms with Gasteiger partial charge in [0.25, 0.3) is 0 Å². The van der Waals surface area contributed by atoms with Crippen molar-refractivity contribution >= 4 is 5.82 Å². The van der Waals surface area contributed by atoms with Crippen LogP contribution in [0.15, 0.2) is 55.2 Å². The molecule has 0 radical (unpaired) electrons. The molecule has 0 aliphatic carbocycles. The van der Waals surface area contributed by atoms with Crippen LogP contribution in [-0.4, -0.2) is 32.6 Å². The number of aromatic nitrogens is 4. The van der Waals surface area contributed by atoms with Crippen molar-refractivity contribution in [3.8, 4) is 6.07 Å². The first-order valence-corrected chi connectivity index (χ1v) is 8.85. The Morgan fingerprint density at radius 3 is 2.85 bits per heavy atom. The van der Waals surface area contributed by atoms with Crippen LogP contribution in [0.3, 0.4) is 0 Å². The van der Waals surface area contributed by atoms with Crippen LogP contribution >= 0.6 is 0 Å². The number of rotatable bonds is 4. The summed E-state index contributed by atoms with van der Waals surface area (Å²) in [6.07, 6.45) is 11.5. The van der Waals surface area contributed by atoms with E-state index >= 15 is 0 Å². The number of nitriles is 1. The van der Waals surface area contributed by atoms with Crippen molar-refractivity contribution in [2.24, 2.45) is 0 Å². The SMILES string of the molecule is N#Cc1cccnc1N1CCC[C@@H](c2nccn2Cc2ccncc2)C1. The van der Waals surface area contributed by atoms with Crippen LogP contribution in [0.2, 0.25) is 0 Å². The Morgan fingerprint density at radius 1 is 1.12 bits per heavy atom. The Hall–Kier alpha value is -3.20. The van der Waals surface area contributed by atoms with E-state index in [0.29, 0.717) is 11.5 Å². The lowest BCUT2D eigenvalue weighted by Crippen LogP contribution is -2.36. The average Bonchev–Trinajstić information content (AvgIpc) is 3.17. The van der Waals surface area contributed by atoms with E-state index in [2.05, 4.69) is 30.5 Å². The maximum absolute atomic E-state index is 9.37. The highest BCUT2D eigenvalue weighted by Gasteiger charge is 2.26. The molecule has 3 aromatic rings. The minimum Gasteiger partial charge on any atom is -0.355 e. The summed E-state index contributed by atoms with van der Waals surface area (Å²) < 4.78 is 2.22. The molecular formula is C20H20N6. The van der Waals surface area contributed by atoms with Crippen LogP contribution in [-0.2, 0) is 6.54 Å². The van der Waals surface area contributed by atoms with Crippen LogP contribution < -0.4 is 4.90 Å². The minimum atomic E-state index is 0.328. The van der Waals surface area contributed by atoms with Crippen LogP contribution in [0.25, 0.3) is 0 Å². The Morgan fingerprint density at radius 2 is 2.00 bits per heavy atom. The summed E-state index contributed by atoms with van der Waals surface area (Å²) in [4.78, 5) is 15.4. The number of pyridine rings is 2. The summed E-state index contributed by atoms with van der Waals surface area (Å²) in [7, 11) is 0. The zero-order valence-corrected chi connectivity index (χ0v) is 14.5. The van der Waals surface area contributed by atoms with Crippen LogP contribution in [0.5, 0.6) is 0 Å². The highest BCUT2D eigenvalue weighted by molar-refractivity contribution is 5.54. The van der Waals surface area contributed by atoms with Crippen LogP contribution in [0.1, 0.15) is 35.7 Å². The lowest BCUT2D eigenvalue weighted by molar-refractivity contribution is 0.474. The fourth-order valence-corrected chi connectivity index (χ4v) is 3.62. The van der Waals surface area contributed by atoms with Gasteiger partial charge in [0.1, 0.15) is 17.7 Å². The molecule has 0 unspecified atom stereocenters. The second-order valence-electron chi connectivity index (χ2n) is 6.54. The fourth-order valence-electron chi connectivity index (χ4n) is 3.62. The van der Waals surface area contributed by atoms with Gasteiger partial charge in [-0.05, 0) is 42.7 Å². The molecule has 1 fully saturated rings. The summed E-state index contributed by atoms with van der Waals surface area (Å²) in [5, 5.41) is 9.37. The topological polar surface area (TPSA) is 70.6 Å². The zero-order chi connectivity index (χ0) is 17.8. The molecule has 1 aliphatic heterocycles. The lowest BCUT2D eigenvalue weighted by atomic mass is 9.96. The lowest BCUT2D eigenvalue weighted by Gasteiger charge is -2.33. The van der Waals surface area contributed by atoms with Crippen molar-refractivity contribution in [3.05, 3.63) is 72.2 Å². The predicted molar refractivity (Wildman–Crippen MR) is 98.7 cm³/mol. The molecule has 1 aliphatic rings. The predicted octanol–water partition coefficient (Wildman–Crippen LogP) is 2.98. The van der Waals surface area contributed by atoms with Gasteiger partial charge in [0.15, 0.2) is 0 Å². The summed E-state index contributed by atoms with van der Waals surface area (Å²) in [5.74, 6) is 2.21.